The molecule has 7 nitrogen and oxygen atoms in total. The van der Waals surface area contributed by atoms with E-state index in [2.05, 4.69) is 10.4 Å². The molecule has 0 radical (unpaired) electrons. The Hall–Kier alpha value is -2.74. The van der Waals surface area contributed by atoms with E-state index in [-0.39, 0.29) is 15.7 Å². The van der Waals surface area contributed by atoms with Crippen LogP contribution in [0.15, 0.2) is 53.3 Å². The number of H-pyrrole nitrogens is 1. The number of carbonyl (C=O) groups excluding carboxylic acids is 1. The second kappa shape index (κ2) is 8.73. The highest BCUT2D eigenvalue weighted by molar-refractivity contribution is 6.42. The van der Waals surface area contributed by atoms with Gasteiger partial charge in [-0.3, -0.25) is 19.5 Å². The highest BCUT2D eigenvalue weighted by Gasteiger charge is 2.23. The van der Waals surface area contributed by atoms with Crippen LogP contribution in [0.5, 0.6) is 0 Å². The van der Waals surface area contributed by atoms with E-state index < -0.39 is 29.9 Å². The Morgan fingerprint density at radius 2 is 1.79 bits per heavy atom. The van der Waals surface area contributed by atoms with Crippen molar-refractivity contribution < 1.29 is 14.7 Å². The lowest BCUT2D eigenvalue weighted by Gasteiger charge is -2.18. The molecule has 3 rings (SSSR count). The number of amides is 1. The number of hydrogen-bond donors (Lipinski definition) is 3. The van der Waals surface area contributed by atoms with Crippen LogP contribution in [-0.4, -0.2) is 26.8 Å². The van der Waals surface area contributed by atoms with Crippen LogP contribution in [0.3, 0.4) is 0 Å². The molecular weight excluding hydrogens is 441 g/mol. The van der Waals surface area contributed by atoms with E-state index in [1.54, 1.807) is 42.5 Å². The van der Waals surface area contributed by atoms with E-state index in [0.29, 0.717) is 16.3 Å². The minimum atomic E-state index is -1.14. The molecule has 29 heavy (non-hydrogen) atoms. The van der Waals surface area contributed by atoms with Crippen molar-refractivity contribution in [2.24, 2.45) is 0 Å². The molecule has 0 spiro atoms. The molecule has 1 heterocycles. The summed E-state index contributed by atoms with van der Waals surface area (Å²) in [6, 6.07) is 11.3. The van der Waals surface area contributed by atoms with E-state index in [4.69, 9.17) is 34.8 Å². The predicted molar refractivity (Wildman–Crippen MR) is 110 cm³/mol. The van der Waals surface area contributed by atoms with Crippen LogP contribution >= 0.6 is 34.8 Å². The molecule has 2 aromatic carbocycles. The number of carbonyl (C=O) groups is 2. The van der Waals surface area contributed by atoms with Crippen LogP contribution in [0, 0.1) is 0 Å². The molecule has 3 aromatic rings. The number of aromatic nitrogens is 2. The largest absolute Gasteiger partial charge is 0.481 e. The summed E-state index contributed by atoms with van der Waals surface area (Å²) in [5.74, 6) is -1.81. The topological polar surface area (TPSA) is 104 Å². The minimum absolute atomic E-state index is 0.0431. The molecule has 3 N–H and O–H groups in total. The van der Waals surface area contributed by atoms with Gasteiger partial charge in [0.25, 0.3) is 11.5 Å². The third kappa shape index (κ3) is 4.82. The summed E-state index contributed by atoms with van der Waals surface area (Å²) in [5.41, 5.74) is 0.333. The predicted octanol–water partition coefficient (Wildman–Crippen LogP) is 4.07. The van der Waals surface area contributed by atoms with Gasteiger partial charge in [-0.15, -0.1) is 0 Å². The zero-order valence-electron chi connectivity index (χ0n) is 14.7. The standard InChI is InChI=1S/C19H14Cl3N3O4/c20-10-4-6-11(7-5-10)25-16(26)8-15(24-25)19(29)23-14(9-17(27)28)12-2-1-3-13(21)18(12)22/h1-8,14,24H,9H2,(H,23,29)(H,27,28). The summed E-state index contributed by atoms with van der Waals surface area (Å²) < 4.78 is 1.17. The quantitative estimate of drug-likeness (QED) is 0.522. The molecule has 0 aliphatic heterocycles. The molecule has 1 unspecified atom stereocenters. The summed E-state index contributed by atoms with van der Waals surface area (Å²) >= 11 is 18.0. The van der Waals surface area contributed by atoms with Crippen molar-refractivity contribution in [2.45, 2.75) is 12.5 Å². The zero-order valence-corrected chi connectivity index (χ0v) is 16.9. The van der Waals surface area contributed by atoms with Crippen LogP contribution in [0.25, 0.3) is 5.69 Å². The highest BCUT2D eigenvalue weighted by atomic mass is 35.5. The first-order valence-electron chi connectivity index (χ1n) is 8.31. The average Bonchev–Trinajstić information content (AvgIpc) is 3.05. The number of nitrogens with zero attached hydrogens (tertiary/aromatic N) is 1. The van der Waals surface area contributed by atoms with Gasteiger partial charge in [0.1, 0.15) is 5.69 Å². The van der Waals surface area contributed by atoms with Crippen molar-refractivity contribution in [3.63, 3.8) is 0 Å². The van der Waals surface area contributed by atoms with E-state index in [9.17, 15) is 19.5 Å². The maximum absolute atomic E-state index is 12.7. The number of nitrogens with one attached hydrogen (secondary N) is 2. The molecule has 0 bridgehead atoms. The lowest BCUT2D eigenvalue weighted by atomic mass is 10.0. The molecule has 0 aliphatic carbocycles. The lowest BCUT2D eigenvalue weighted by Crippen LogP contribution is -2.30. The van der Waals surface area contributed by atoms with Crippen molar-refractivity contribution in [1.29, 1.82) is 0 Å². The van der Waals surface area contributed by atoms with Gasteiger partial charge in [-0.25, -0.2) is 4.68 Å². The number of aromatic amines is 1. The number of rotatable bonds is 6. The first-order chi connectivity index (χ1) is 13.8. The van der Waals surface area contributed by atoms with Gasteiger partial charge < -0.3 is 10.4 Å². The minimum Gasteiger partial charge on any atom is -0.481 e. The SMILES string of the molecule is O=C(O)CC(NC(=O)c1cc(=O)n(-c2ccc(Cl)cc2)[nH]1)c1cccc(Cl)c1Cl. The van der Waals surface area contributed by atoms with Gasteiger partial charge in [0.05, 0.1) is 28.2 Å². The summed E-state index contributed by atoms with van der Waals surface area (Å²) in [5, 5.41) is 15.4. The summed E-state index contributed by atoms with van der Waals surface area (Å²) in [4.78, 5) is 36.2. The molecule has 10 heteroatoms. The van der Waals surface area contributed by atoms with E-state index in [0.717, 1.165) is 6.07 Å². The number of halogens is 3. The van der Waals surface area contributed by atoms with Crippen molar-refractivity contribution in [3.8, 4) is 5.69 Å². The van der Waals surface area contributed by atoms with Crippen molar-refractivity contribution in [2.75, 3.05) is 0 Å². The van der Waals surface area contributed by atoms with Gasteiger partial charge in [0.2, 0.25) is 0 Å². The number of carboxylic acids is 1. The maximum atomic E-state index is 12.7. The Kier molecular flexibility index (Phi) is 6.32. The van der Waals surface area contributed by atoms with Gasteiger partial charge in [-0.05, 0) is 35.9 Å². The van der Waals surface area contributed by atoms with Crippen molar-refractivity contribution in [1.82, 2.24) is 15.1 Å². The fourth-order valence-electron chi connectivity index (χ4n) is 2.73. The average molecular weight is 455 g/mol. The van der Waals surface area contributed by atoms with Gasteiger partial charge in [0.15, 0.2) is 0 Å². The zero-order chi connectivity index (χ0) is 21.1. The molecule has 1 amide bonds. The third-order valence-corrected chi connectivity index (χ3v) is 5.18. The van der Waals surface area contributed by atoms with Crippen LogP contribution in [0.1, 0.15) is 28.5 Å². The first kappa shape index (κ1) is 21.0. The van der Waals surface area contributed by atoms with Crippen molar-refractivity contribution in [3.05, 3.63) is 85.2 Å². The molecule has 0 fully saturated rings. The highest BCUT2D eigenvalue weighted by Crippen LogP contribution is 2.31. The molecule has 0 aliphatic rings. The molecule has 1 aromatic heterocycles. The van der Waals surface area contributed by atoms with Crippen LogP contribution in [-0.2, 0) is 4.79 Å². The Morgan fingerprint density at radius 1 is 1.10 bits per heavy atom. The summed E-state index contributed by atoms with van der Waals surface area (Å²) in [7, 11) is 0. The summed E-state index contributed by atoms with van der Waals surface area (Å²) in [6.45, 7) is 0. The normalized spacial score (nSPS) is 11.8. The third-order valence-electron chi connectivity index (χ3n) is 4.09. The Morgan fingerprint density at radius 3 is 2.45 bits per heavy atom. The number of benzene rings is 2. The van der Waals surface area contributed by atoms with Gasteiger partial charge in [-0.2, -0.15) is 0 Å². The monoisotopic (exact) mass is 453 g/mol. The number of hydrogen-bond acceptors (Lipinski definition) is 3. The van der Waals surface area contributed by atoms with E-state index in [1.807, 2.05) is 0 Å². The molecular formula is C19H14Cl3N3O4. The summed E-state index contributed by atoms with van der Waals surface area (Å²) in [6.07, 6.45) is -0.423. The van der Waals surface area contributed by atoms with Crippen LogP contribution < -0.4 is 10.9 Å². The van der Waals surface area contributed by atoms with Gasteiger partial charge in [-0.1, -0.05) is 46.9 Å². The Bertz CT molecular complexity index is 1120. The van der Waals surface area contributed by atoms with Crippen LogP contribution in [0.2, 0.25) is 15.1 Å². The van der Waals surface area contributed by atoms with Crippen molar-refractivity contribution >= 4 is 46.7 Å². The van der Waals surface area contributed by atoms with Gasteiger partial charge in [0, 0.05) is 11.1 Å². The Balaban J connectivity index is 1.89. The second-order valence-electron chi connectivity index (χ2n) is 6.09. The second-order valence-corrected chi connectivity index (χ2v) is 7.31. The van der Waals surface area contributed by atoms with E-state index in [1.165, 1.54) is 4.68 Å². The lowest BCUT2D eigenvalue weighted by molar-refractivity contribution is -0.137. The Labute approximate surface area is 179 Å². The first-order valence-corrected chi connectivity index (χ1v) is 9.44. The smallest absolute Gasteiger partial charge is 0.305 e. The molecule has 150 valence electrons. The number of carboxylic acid groups (broad SMARTS) is 1. The maximum Gasteiger partial charge on any atom is 0.305 e. The fourth-order valence-corrected chi connectivity index (χ4v) is 3.30. The molecule has 0 saturated heterocycles. The molecule has 1 atom stereocenters. The van der Waals surface area contributed by atoms with E-state index >= 15 is 0 Å². The van der Waals surface area contributed by atoms with Crippen LogP contribution in [0.4, 0.5) is 0 Å². The van der Waals surface area contributed by atoms with Gasteiger partial charge >= 0.3 is 5.97 Å². The number of aliphatic carboxylic acids is 1. The fraction of sp³-hybridized carbons (Fsp3) is 0.105. The molecule has 0 saturated carbocycles.